The van der Waals surface area contributed by atoms with E-state index < -0.39 is 23.4 Å². The Morgan fingerprint density at radius 2 is 1.64 bits per heavy atom. The fourth-order valence-electron chi connectivity index (χ4n) is 4.61. The standard InChI is InChI=1S/C29H29F3O4/c1-3-35-17-18-4-13-25(26(30)16-18)29(33)36-22-11-7-20(8-12-22)24-15-14-23(27(31)28(24)32)19-5-9-21(34-2)10-6-19/h4,7-8,11-16,19,21H,3,5-6,9-10,17H2,1-2H3. The van der Waals surface area contributed by atoms with Crippen LogP contribution in [0.25, 0.3) is 11.1 Å². The maximum Gasteiger partial charge on any atom is 0.346 e. The summed E-state index contributed by atoms with van der Waals surface area (Å²) in [5, 5.41) is 0. The molecule has 190 valence electrons. The number of hydrogen-bond donors (Lipinski definition) is 0. The SMILES string of the molecule is CCOCc1ccc(C(=O)Oc2ccc(-c3ccc(C4CCC(OC)CC4)c(F)c3F)cc2)c(F)c1. The Kier molecular flexibility index (Phi) is 8.44. The number of benzene rings is 3. The van der Waals surface area contributed by atoms with Crippen LogP contribution < -0.4 is 4.74 Å². The van der Waals surface area contributed by atoms with Crippen LogP contribution in [0.2, 0.25) is 0 Å². The Morgan fingerprint density at radius 3 is 2.28 bits per heavy atom. The van der Waals surface area contributed by atoms with Crippen molar-refractivity contribution in [1.29, 1.82) is 0 Å². The van der Waals surface area contributed by atoms with Gasteiger partial charge in [-0.3, -0.25) is 0 Å². The summed E-state index contributed by atoms with van der Waals surface area (Å²) < 4.78 is 60.2. The molecule has 0 amide bonds. The zero-order valence-corrected chi connectivity index (χ0v) is 20.4. The van der Waals surface area contributed by atoms with Crippen molar-refractivity contribution >= 4 is 5.97 Å². The Morgan fingerprint density at radius 1 is 0.917 bits per heavy atom. The van der Waals surface area contributed by atoms with Crippen LogP contribution in [0.3, 0.4) is 0 Å². The normalized spacial score (nSPS) is 17.7. The first-order valence-electron chi connectivity index (χ1n) is 12.1. The van der Waals surface area contributed by atoms with Gasteiger partial charge in [-0.25, -0.2) is 18.0 Å². The summed E-state index contributed by atoms with van der Waals surface area (Å²) >= 11 is 0. The second-order valence-corrected chi connectivity index (χ2v) is 8.90. The number of methoxy groups -OCH3 is 1. The third kappa shape index (κ3) is 5.79. The van der Waals surface area contributed by atoms with E-state index in [1.807, 2.05) is 6.92 Å². The van der Waals surface area contributed by atoms with E-state index >= 15 is 0 Å². The van der Waals surface area contributed by atoms with Gasteiger partial charge in [0.15, 0.2) is 11.6 Å². The second kappa shape index (κ2) is 11.7. The number of carbonyl (C=O) groups excluding carboxylic acids is 1. The molecule has 4 nitrogen and oxygen atoms in total. The van der Waals surface area contributed by atoms with Crippen LogP contribution in [-0.2, 0) is 16.1 Å². The average Bonchev–Trinajstić information content (AvgIpc) is 2.89. The van der Waals surface area contributed by atoms with Gasteiger partial charge in [-0.15, -0.1) is 0 Å². The molecule has 3 aromatic carbocycles. The lowest BCUT2D eigenvalue weighted by Gasteiger charge is -2.28. The van der Waals surface area contributed by atoms with Crippen molar-refractivity contribution in [1.82, 2.24) is 0 Å². The molecule has 0 unspecified atom stereocenters. The first kappa shape index (κ1) is 25.9. The first-order chi connectivity index (χ1) is 17.4. The van der Waals surface area contributed by atoms with Crippen LogP contribution in [0.1, 0.15) is 60.0 Å². The molecule has 0 saturated heterocycles. The molecular formula is C29H29F3O4. The predicted octanol–water partition coefficient (Wildman–Crippen LogP) is 7.20. The summed E-state index contributed by atoms with van der Waals surface area (Å²) in [5.74, 6) is -3.16. The minimum atomic E-state index is -0.902. The molecule has 1 aliphatic carbocycles. The predicted molar refractivity (Wildman–Crippen MR) is 130 cm³/mol. The van der Waals surface area contributed by atoms with Crippen LogP contribution in [0.4, 0.5) is 13.2 Å². The monoisotopic (exact) mass is 498 g/mol. The molecule has 0 aromatic heterocycles. The van der Waals surface area contributed by atoms with E-state index in [0.29, 0.717) is 23.3 Å². The quantitative estimate of drug-likeness (QED) is 0.243. The molecule has 0 aliphatic heterocycles. The topological polar surface area (TPSA) is 44.8 Å². The Labute approximate surface area is 209 Å². The van der Waals surface area contributed by atoms with Gasteiger partial charge >= 0.3 is 5.97 Å². The highest BCUT2D eigenvalue weighted by Crippen LogP contribution is 2.38. The molecular weight excluding hydrogens is 469 g/mol. The van der Waals surface area contributed by atoms with Gasteiger partial charge in [-0.05, 0) is 79.5 Å². The van der Waals surface area contributed by atoms with E-state index in [-0.39, 0.29) is 35.5 Å². The number of halogens is 3. The van der Waals surface area contributed by atoms with Gasteiger partial charge in [0.1, 0.15) is 11.6 Å². The molecule has 0 N–H and O–H groups in total. The Bertz CT molecular complexity index is 1200. The summed E-state index contributed by atoms with van der Waals surface area (Å²) in [7, 11) is 1.67. The minimum Gasteiger partial charge on any atom is -0.423 e. The second-order valence-electron chi connectivity index (χ2n) is 8.90. The molecule has 0 heterocycles. The lowest BCUT2D eigenvalue weighted by molar-refractivity contribution is 0.0655. The summed E-state index contributed by atoms with van der Waals surface area (Å²) in [4.78, 5) is 12.4. The Hall–Kier alpha value is -3.16. The molecule has 0 bridgehead atoms. The number of carbonyl (C=O) groups is 1. The highest BCUT2D eigenvalue weighted by atomic mass is 19.2. The van der Waals surface area contributed by atoms with Crippen LogP contribution >= 0.6 is 0 Å². The lowest BCUT2D eigenvalue weighted by Crippen LogP contribution is -2.20. The van der Waals surface area contributed by atoms with Crippen molar-refractivity contribution < 1.29 is 32.2 Å². The third-order valence-corrected chi connectivity index (χ3v) is 6.66. The molecule has 0 atom stereocenters. The van der Waals surface area contributed by atoms with Crippen LogP contribution in [-0.4, -0.2) is 25.8 Å². The van der Waals surface area contributed by atoms with Gasteiger partial charge < -0.3 is 14.2 Å². The maximum absolute atomic E-state index is 15.0. The van der Waals surface area contributed by atoms with Crippen molar-refractivity contribution in [2.24, 2.45) is 0 Å². The molecule has 1 aliphatic rings. The van der Waals surface area contributed by atoms with Gasteiger partial charge in [-0.1, -0.05) is 30.3 Å². The van der Waals surface area contributed by atoms with E-state index in [4.69, 9.17) is 14.2 Å². The molecule has 3 aromatic rings. The smallest absolute Gasteiger partial charge is 0.346 e. The number of esters is 1. The van der Waals surface area contributed by atoms with E-state index in [9.17, 15) is 18.0 Å². The average molecular weight is 499 g/mol. The van der Waals surface area contributed by atoms with Crippen LogP contribution in [0, 0.1) is 17.5 Å². The molecule has 1 saturated carbocycles. The summed E-state index contributed by atoms with van der Waals surface area (Å²) in [6, 6.07) is 13.4. The number of hydrogen-bond acceptors (Lipinski definition) is 4. The van der Waals surface area contributed by atoms with Crippen LogP contribution in [0.5, 0.6) is 5.75 Å². The van der Waals surface area contributed by atoms with Gasteiger partial charge in [0.25, 0.3) is 0 Å². The minimum absolute atomic E-state index is 0.0321. The number of ether oxygens (including phenoxy) is 3. The van der Waals surface area contributed by atoms with Gasteiger partial charge in [-0.2, -0.15) is 0 Å². The third-order valence-electron chi connectivity index (χ3n) is 6.66. The fourth-order valence-corrected chi connectivity index (χ4v) is 4.61. The first-order valence-corrected chi connectivity index (χ1v) is 12.1. The lowest BCUT2D eigenvalue weighted by atomic mass is 9.82. The molecule has 0 spiro atoms. The van der Waals surface area contributed by atoms with E-state index in [0.717, 1.165) is 25.7 Å². The zero-order chi connectivity index (χ0) is 25.7. The van der Waals surface area contributed by atoms with Gasteiger partial charge in [0.2, 0.25) is 0 Å². The maximum atomic E-state index is 15.0. The molecule has 36 heavy (non-hydrogen) atoms. The highest BCUT2D eigenvalue weighted by molar-refractivity contribution is 5.91. The molecule has 7 heteroatoms. The number of rotatable bonds is 8. The van der Waals surface area contributed by atoms with E-state index in [2.05, 4.69) is 0 Å². The van der Waals surface area contributed by atoms with Crippen molar-refractivity contribution in [3.05, 3.63) is 88.7 Å². The summed E-state index contributed by atoms with van der Waals surface area (Å²) in [5.41, 5.74) is 1.36. The van der Waals surface area contributed by atoms with Crippen molar-refractivity contribution in [2.75, 3.05) is 13.7 Å². The highest BCUT2D eigenvalue weighted by Gasteiger charge is 2.26. The van der Waals surface area contributed by atoms with E-state index in [1.54, 1.807) is 25.3 Å². The zero-order valence-electron chi connectivity index (χ0n) is 20.4. The molecule has 1 fully saturated rings. The Balaban J connectivity index is 1.45. The van der Waals surface area contributed by atoms with Crippen molar-refractivity contribution in [2.45, 2.75) is 51.2 Å². The largest absolute Gasteiger partial charge is 0.423 e. The van der Waals surface area contributed by atoms with Gasteiger partial charge in [0, 0.05) is 19.3 Å². The van der Waals surface area contributed by atoms with E-state index in [1.165, 1.54) is 36.4 Å². The van der Waals surface area contributed by atoms with Gasteiger partial charge in [0.05, 0.1) is 18.3 Å². The summed E-state index contributed by atoms with van der Waals surface area (Å²) in [6.07, 6.45) is 3.34. The van der Waals surface area contributed by atoms with Crippen molar-refractivity contribution in [3.63, 3.8) is 0 Å². The molecule has 4 rings (SSSR count). The fraction of sp³-hybridized carbons (Fsp3) is 0.345. The van der Waals surface area contributed by atoms with Crippen LogP contribution in [0.15, 0.2) is 54.6 Å². The summed E-state index contributed by atoms with van der Waals surface area (Å²) in [6.45, 7) is 2.58. The van der Waals surface area contributed by atoms with Crippen molar-refractivity contribution in [3.8, 4) is 16.9 Å². The molecule has 0 radical (unpaired) electrons.